The minimum atomic E-state index is 0.645. The quantitative estimate of drug-likeness (QED) is 0.855. The fourth-order valence-corrected chi connectivity index (χ4v) is 2.76. The van der Waals surface area contributed by atoms with Gasteiger partial charge in [-0.2, -0.15) is 0 Å². The number of benzene rings is 1. The number of pyridine rings is 1. The summed E-state index contributed by atoms with van der Waals surface area (Å²) in [5, 5.41) is 0. The Morgan fingerprint density at radius 3 is 2.52 bits per heavy atom. The molecule has 0 N–H and O–H groups in total. The van der Waals surface area contributed by atoms with Crippen molar-refractivity contribution in [3.8, 4) is 5.75 Å². The molecule has 3 heteroatoms. The Labute approximate surface area is 126 Å². The van der Waals surface area contributed by atoms with Crippen LogP contribution in [0.4, 0.5) is 5.82 Å². The van der Waals surface area contributed by atoms with Crippen molar-refractivity contribution in [2.45, 2.75) is 19.8 Å². The lowest BCUT2D eigenvalue weighted by Crippen LogP contribution is -2.36. The Hall–Kier alpha value is -2.03. The van der Waals surface area contributed by atoms with Crippen LogP contribution in [0.15, 0.2) is 48.5 Å². The van der Waals surface area contributed by atoms with E-state index >= 15 is 0 Å². The molecule has 1 aromatic heterocycles. The Balaban J connectivity index is 1.49. The van der Waals surface area contributed by atoms with Crippen LogP contribution in [0.1, 0.15) is 18.5 Å². The third-order valence-corrected chi connectivity index (χ3v) is 4.04. The first kappa shape index (κ1) is 13.9. The third kappa shape index (κ3) is 3.75. The highest BCUT2D eigenvalue weighted by atomic mass is 16.5. The molecule has 0 atom stereocenters. The van der Waals surface area contributed by atoms with Gasteiger partial charge in [0.2, 0.25) is 0 Å². The molecule has 3 rings (SSSR count). The van der Waals surface area contributed by atoms with Gasteiger partial charge in [-0.15, -0.1) is 0 Å². The van der Waals surface area contributed by atoms with Gasteiger partial charge in [0.15, 0.2) is 0 Å². The van der Waals surface area contributed by atoms with Crippen molar-refractivity contribution in [1.29, 1.82) is 0 Å². The molecule has 21 heavy (non-hydrogen) atoms. The van der Waals surface area contributed by atoms with Gasteiger partial charge in [0.25, 0.3) is 0 Å². The highest BCUT2D eigenvalue weighted by Gasteiger charge is 2.20. The number of nitrogens with zero attached hydrogens (tertiary/aromatic N) is 2. The van der Waals surface area contributed by atoms with Crippen molar-refractivity contribution in [2.75, 3.05) is 24.6 Å². The number of ether oxygens (including phenoxy) is 1. The zero-order valence-electron chi connectivity index (χ0n) is 12.5. The molecular weight excluding hydrogens is 260 g/mol. The SMILES string of the molecule is Cc1cccc(N2CCC(COc3ccccc3)CC2)n1. The lowest BCUT2D eigenvalue weighted by atomic mass is 9.98. The van der Waals surface area contributed by atoms with Crippen LogP contribution in [0.5, 0.6) is 5.75 Å². The van der Waals surface area contributed by atoms with Crippen molar-refractivity contribution in [3.05, 3.63) is 54.2 Å². The Bertz CT molecular complexity index is 562. The van der Waals surface area contributed by atoms with E-state index in [2.05, 4.69) is 22.0 Å². The number of para-hydroxylation sites is 1. The summed E-state index contributed by atoms with van der Waals surface area (Å²) < 4.78 is 5.87. The maximum Gasteiger partial charge on any atom is 0.128 e. The van der Waals surface area contributed by atoms with Gasteiger partial charge in [-0.05, 0) is 49.9 Å². The van der Waals surface area contributed by atoms with Crippen LogP contribution < -0.4 is 9.64 Å². The fraction of sp³-hybridized carbons (Fsp3) is 0.389. The molecule has 0 bridgehead atoms. The molecule has 2 heterocycles. The molecule has 0 spiro atoms. The number of rotatable bonds is 4. The number of hydrogen-bond donors (Lipinski definition) is 0. The normalized spacial score (nSPS) is 16.0. The summed E-state index contributed by atoms with van der Waals surface area (Å²) in [5.74, 6) is 2.73. The van der Waals surface area contributed by atoms with Crippen LogP contribution >= 0.6 is 0 Å². The van der Waals surface area contributed by atoms with Crippen LogP contribution in [0.25, 0.3) is 0 Å². The first-order valence-corrected chi connectivity index (χ1v) is 7.68. The van der Waals surface area contributed by atoms with Crippen molar-refractivity contribution < 1.29 is 4.74 Å². The van der Waals surface area contributed by atoms with Crippen molar-refractivity contribution in [2.24, 2.45) is 5.92 Å². The summed E-state index contributed by atoms with van der Waals surface area (Å²) in [4.78, 5) is 6.99. The summed E-state index contributed by atoms with van der Waals surface area (Å²) in [7, 11) is 0. The average molecular weight is 282 g/mol. The predicted molar refractivity (Wildman–Crippen MR) is 85.8 cm³/mol. The van der Waals surface area contributed by atoms with Gasteiger partial charge < -0.3 is 9.64 Å². The number of hydrogen-bond acceptors (Lipinski definition) is 3. The minimum Gasteiger partial charge on any atom is -0.493 e. The highest BCUT2D eigenvalue weighted by Crippen LogP contribution is 2.23. The molecule has 2 aromatic rings. The van der Waals surface area contributed by atoms with Crippen LogP contribution in [0.3, 0.4) is 0 Å². The molecule has 0 saturated carbocycles. The van der Waals surface area contributed by atoms with Crippen LogP contribution in [-0.4, -0.2) is 24.7 Å². The molecule has 1 aliphatic heterocycles. The fourth-order valence-electron chi connectivity index (χ4n) is 2.76. The lowest BCUT2D eigenvalue weighted by molar-refractivity contribution is 0.222. The van der Waals surface area contributed by atoms with E-state index in [0.29, 0.717) is 5.92 Å². The maximum absolute atomic E-state index is 5.87. The van der Waals surface area contributed by atoms with Gasteiger partial charge in [0.05, 0.1) is 6.61 Å². The monoisotopic (exact) mass is 282 g/mol. The number of piperidine rings is 1. The molecule has 110 valence electrons. The Kier molecular flexibility index (Phi) is 4.39. The smallest absolute Gasteiger partial charge is 0.128 e. The van der Waals surface area contributed by atoms with Gasteiger partial charge in [-0.3, -0.25) is 0 Å². The zero-order valence-corrected chi connectivity index (χ0v) is 12.5. The van der Waals surface area contributed by atoms with E-state index in [1.54, 1.807) is 0 Å². The van der Waals surface area contributed by atoms with Gasteiger partial charge in [-0.25, -0.2) is 4.98 Å². The van der Waals surface area contributed by atoms with Gasteiger partial charge in [0.1, 0.15) is 11.6 Å². The zero-order chi connectivity index (χ0) is 14.5. The van der Waals surface area contributed by atoms with Gasteiger partial charge in [0, 0.05) is 18.8 Å². The topological polar surface area (TPSA) is 25.4 Å². The Morgan fingerprint density at radius 1 is 1.05 bits per heavy atom. The molecular formula is C18H22N2O. The summed E-state index contributed by atoms with van der Waals surface area (Å²) >= 11 is 0. The average Bonchev–Trinajstić information content (AvgIpc) is 2.54. The van der Waals surface area contributed by atoms with E-state index < -0.39 is 0 Å². The minimum absolute atomic E-state index is 0.645. The molecule has 1 saturated heterocycles. The predicted octanol–water partition coefficient (Wildman–Crippen LogP) is 3.69. The standard InChI is InChI=1S/C18H22N2O/c1-15-6-5-9-18(19-15)20-12-10-16(11-13-20)14-21-17-7-3-2-4-8-17/h2-9,16H,10-14H2,1H3. The van der Waals surface area contributed by atoms with E-state index in [0.717, 1.165) is 37.0 Å². The first-order valence-electron chi connectivity index (χ1n) is 7.68. The molecule has 1 fully saturated rings. The second-order valence-corrected chi connectivity index (χ2v) is 5.69. The van der Waals surface area contributed by atoms with Crippen molar-refractivity contribution >= 4 is 5.82 Å². The summed E-state index contributed by atoms with van der Waals surface area (Å²) in [5.41, 5.74) is 1.09. The molecule has 0 amide bonds. The Morgan fingerprint density at radius 2 is 1.81 bits per heavy atom. The third-order valence-electron chi connectivity index (χ3n) is 4.04. The van der Waals surface area contributed by atoms with Crippen LogP contribution in [0.2, 0.25) is 0 Å². The molecule has 3 nitrogen and oxygen atoms in total. The second kappa shape index (κ2) is 6.61. The molecule has 0 aliphatic carbocycles. The first-order chi connectivity index (χ1) is 10.3. The largest absolute Gasteiger partial charge is 0.493 e. The number of anilines is 1. The van der Waals surface area contributed by atoms with E-state index in [9.17, 15) is 0 Å². The summed E-state index contributed by atoms with van der Waals surface area (Å²) in [6.07, 6.45) is 2.34. The molecule has 1 aromatic carbocycles. The van der Waals surface area contributed by atoms with E-state index in [1.807, 2.05) is 43.3 Å². The summed E-state index contributed by atoms with van der Waals surface area (Å²) in [6, 6.07) is 16.3. The maximum atomic E-state index is 5.87. The number of aromatic nitrogens is 1. The second-order valence-electron chi connectivity index (χ2n) is 5.69. The van der Waals surface area contributed by atoms with Crippen molar-refractivity contribution in [1.82, 2.24) is 4.98 Å². The molecule has 1 aliphatic rings. The van der Waals surface area contributed by atoms with Gasteiger partial charge >= 0.3 is 0 Å². The molecule has 0 radical (unpaired) electrons. The van der Waals surface area contributed by atoms with E-state index in [4.69, 9.17) is 4.74 Å². The van der Waals surface area contributed by atoms with E-state index in [1.165, 1.54) is 12.8 Å². The summed E-state index contributed by atoms with van der Waals surface area (Å²) in [6.45, 7) is 5.00. The van der Waals surface area contributed by atoms with Crippen LogP contribution in [-0.2, 0) is 0 Å². The number of aryl methyl sites for hydroxylation is 1. The van der Waals surface area contributed by atoms with E-state index in [-0.39, 0.29) is 0 Å². The van der Waals surface area contributed by atoms with Crippen molar-refractivity contribution in [3.63, 3.8) is 0 Å². The molecule has 0 unspecified atom stereocenters. The lowest BCUT2D eigenvalue weighted by Gasteiger charge is -2.32. The van der Waals surface area contributed by atoms with Gasteiger partial charge in [-0.1, -0.05) is 24.3 Å². The highest BCUT2D eigenvalue weighted by molar-refractivity contribution is 5.39. The van der Waals surface area contributed by atoms with Crippen LogP contribution in [0, 0.1) is 12.8 Å².